The third-order valence-corrected chi connectivity index (χ3v) is 6.18. The number of hydrogen-bond acceptors (Lipinski definition) is 5. The van der Waals surface area contributed by atoms with E-state index in [1.54, 1.807) is 0 Å². The second-order valence-corrected chi connectivity index (χ2v) is 8.12. The molecule has 3 aromatic rings. The number of carbonyl (C=O) groups is 1. The Kier molecular flexibility index (Phi) is 4.93. The lowest BCUT2D eigenvalue weighted by atomic mass is 9.96. The van der Waals surface area contributed by atoms with Crippen molar-refractivity contribution in [2.75, 3.05) is 19.4 Å². The van der Waals surface area contributed by atoms with Crippen molar-refractivity contribution in [3.05, 3.63) is 64.0 Å². The van der Waals surface area contributed by atoms with Gasteiger partial charge in [-0.05, 0) is 23.8 Å². The molecule has 0 unspecified atom stereocenters. The zero-order valence-corrected chi connectivity index (χ0v) is 17.5. The Morgan fingerprint density at radius 1 is 1.18 bits per heavy atom. The number of nitrogen functional groups attached to an aromatic ring is 1. The highest BCUT2D eigenvalue weighted by Gasteiger charge is 2.35. The van der Waals surface area contributed by atoms with Crippen LogP contribution in [0.1, 0.15) is 45.1 Å². The first-order chi connectivity index (χ1) is 15.6. The molecule has 1 aromatic heterocycles. The third kappa shape index (κ3) is 3.54. The molecule has 1 amide bonds. The van der Waals surface area contributed by atoms with Gasteiger partial charge in [0.15, 0.2) is 0 Å². The molecular weight excluding hydrogens is 442 g/mol. The van der Waals surface area contributed by atoms with Crippen molar-refractivity contribution in [1.82, 2.24) is 9.88 Å². The van der Waals surface area contributed by atoms with Gasteiger partial charge in [0.05, 0.1) is 42.5 Å². The smallest absolute Gasteiger partial charge is 0.416 e. The van der Waals surface area contributed by atoms with Crippen molar-refractivity contribution in [3.8, 4) is 5.75 Å². The molecule has 0 saturated heterocycles. The first-order valence-corrected chi connectivity index (χ1v) is 10.2. The number of pyridine rings is 1. The van der Waals surface area contributed by atoms with Gasteiger partial charge >= 0.3 is 6.18 Å². The number of nitrogens with zero attached hydrogens (tertiary/aromatic N) is 2. The van der Waals surface area contributed by atoms with Gasteiger partial charge in [-0.3, -0.25) is 4.79 Å². The van der Waals surface area contributed by atoms with Crippen LogP contribution in [-0.2, 0) is 24.1 Å². The summed E-state index contributed by atoms with van der Waals surface area (Å²) in [4.78, 5) is 18.9. The molecule has 6 nitrogen and oxygen atoms in total. The Bertz CT molecular complexity index is 1290. The molecule has 2 aromatic carbocycles. The summed E-state index contributed by atoms with van der Waals surface area (Å²) in [7, 11) is 1.50. The van der Waals surface area contributed by atoms with Crippen LogP contribution in [0.15, 0.2) is 30.3 Å². The number of benzene rings is 2. The number of carbonyl (C=O) groups excluding carboxylic acids is 1. The Labute approximate surface area is 185 Å². The number of ether oxygens (including phenoxy) is 2. The van der Waals surface area contributed by atoms with Gasteiger partial charge in [0, 0.05) is 36.0 Å². The molecule has 0 radical (unpaired) electrons. The standard InChI is InChI=1S/C23H19F4N3O3/c1-30(19-4-5-33-20-6-11(23(25,26)27)2-3-12(19)20)22(31)14-7-13-15-9-32-10-16(15)21(28)29-18(13)8-17(14)24/h2-3,6-8,19H,4-5,9-10H2,1H3,(H2,28,29)/t19-/m1/s1. The van der Waals surface area contributed by atoms with E-state index in [-0.39, 0.29) is 30.3 Å². The van der Waals surface area contributed by atoms with Gasteiger partial charge in [0.2, 0.25) is 0 Å². The Morgan fingerprint density at radius 3 is 2.70 bits per heavy atom. The average Bonchev–Trinajstić information content (AvgIpc) is 3.27. The summed E-state index contributed by atoms with van der Waals surface area (Å²) in [5, 5.41) is 0.581. The van der Waals surface area contributed by atoms with Crippen LogP contribution in [0.3, 0.4) is 0 Å². The van der Waals surface area contributed by atoms with Gasteiger partial charge in [0.1, 0.15) is 17.4 Å². The number of anilines is 1. The topological polar surface area (TPSA) is 77.7 Å². The van der Waals surface area contributed by atoms with E-state index in [9.17, 15) is 22.4 Å². The van der Waals surface area contributed by atoms with Gasteiger partial charge in [-0.1, -0.05) is 6.07 Å². The predicted octanol–water partition coefficient (Wildman–Crippen LogP) is 4.60. The van der Waals surface area contributed by atoms with Crippen LogP contribution in [0.5, 0.6) is 5.75 Å². The predicted molar refractivity (Wildman–Crippen MR) is 111 cm³/mol. The lowest BCUT2D eigenvalue weighted by Crippen LogP contribution is -2.35. The highest BCUT2D eigenvalue weighted by Crippen LogP contribution is 2.40. The zero-order valence-electron chi connectivity index (χ0n) is 17.5. The highest BCUT2D eigenvalue weighted by molar-refractivity contribution is 5.99. The summed E-state index contributed by atoms with van der Waals surface area (Å²) in [6.07, 6.45) is -4.15. The van der Waals surface area contributed by atoms with Crippen LogP contribution in [0.4, 0.5) is 23.4 Å². The minimum atomic E-state index is -4.51. The van der Waals surface area contributed by atoms with Crippen molar-refractivity contribution < 1.29 is 31.8 Å². The lowest BCUT2D eigenvalue weighted by molar-refractivity contribution is -0.137. The van der Waals surface area contributed by atoms with Crippen LogP contribution >= 0.6 is 0 Å². The van der Waals surface area contributed by atoms with Gasteiger partial charge < -0.3 is 20.1 Å². The Balaban J connectivity index is 1.52. The van der Waals surface area contributed by atoms with E-state index in [2.05, 4.69) is 4.98 Å². The van der Waals surface area contributed by atoms with Crippen molar-refractivity contribution in [1.29, 1.82) is 0 Å². The molecule has 33 heavy (non-hydrogen) atoms. The van der Waals surface area contributed by atoms with Crippen molar-refractivity contribution in [3.63, 3.8) is 0 Å². The van der Waals surface area contributed by atoms with Crippen molar-refractivity contribution >= 4 is 22.6 Å². The number of hydrogen-bond donors (Lipinski definition) is 1. The van der Waals surface area contributed by atoms with Gasteiger partial charge in [-0.15, -0.1) is 0 Å². The largest absolute Gasteiger partial charge is 0.493 e. The normalized spacial score (nSPS) is 17.4. The molecular formula is C23H19F4N3O3. The lowest BCUT2D eigenvalue weighted by Gasteiger charge is -2.33. The third-order valence-electron chi connectivity index (χ3n) is 6.18. The number of alkyl halides is 3. The minimum absolute atomic E-state index is 0.0642. The number of aromatic nitrogens is 1. The highest BCUT2D eigenvalue weighted by atomic mass is 19.4. The summed E-state index contributed by atoms with van der Waals surface area (Å²) >= 11 is 0. The van der Waals surface area contributed by atoms with Crippen molar-refractivity contribution in [2.24, 2.45) is 0 Å². The maximum Gasteiger partial charge on any atom is 0.416 e. The Morgan fingerprint density at radius 2 is 1.94 bits per heavy atom. The number of amides is 1. The van der Waals surface area contributed by atoms with Crippen LogP contribution in [0.2, 0.25) is 0 Å². The molecule has 3 heterocycles. The number of nitrogens with two attached hydrogens (primary N) is 1. The molecule has 0 bridgehead atoms. The molecule has 0 aliphatic carbocycles. The molecule has 2 aliphatic heterocycles. The van der Waals surface area contributed by atoms with E-state index >= 15 is 0 Å². The maximum atomic E-state index is 15.0. The maximum absolute atomic E-state index is 15.0. The van der Waals surface area contributed by atoms with E-state index in [1.165, 1.54) is 30.1 Å². The molecule has 5 rings (SSSR count). The number of rotatable bonds is 2. The molecule has 0 saturated carbocycles. The fourth-order valence-electron chi connectivity index (χ4n) is 4.44. The first kappa shape index (κ1) is 21.4. The summed E-state index contributed by atoms with van der Waals surface area (Å²) in [5.74, 6) is -1.03. The SMILES string of the molecule is CN(C(=O)c1cc2c3c(c(N)nc2cc1F)COC3)[C@@H]1CCOc2cc(C(F)(F)F)ccc21. The summed E-state index contributed by atoms with van der Waals surface area (Å²) in [6, 6.07) is 5.22. The van der Waals surface area contributed by atoms with E-state index in [4.69, 9.17) is 15.2 Å². The monoisotopic (exact) mass is 461 g/mol. The minimum Gasteiger partial charge on any atom is -0.493 e. The fourth-order valence-corrected chi connectivity index (χ4v) is 4.44. The van der Waals surface area contributed by atoms with Gasteiger partial charge in [-0.2, -0.15) is 13.2 Å². The van der Waals surface area contributed by atoms with E-state index < -0.39 is 29.5 Å². The summed E-state index contributed by atoms with van der Waals surface area (Å²) in [5.41, 5.74) is 7.20. The average molecular weight is 461 g/mol. The molecule has 2 aliphatic rings. The summed E-state index contributed by atoms with van der Waals surface area (Å²) in [6.45, 7) is 0.705. The van der Waals surface area contributed by atoms with Gasteiger partial charge in [0.25, 0.3) is 5.91 Å². The van der Waals surface area contributed by atoms with E-state index in [1.807, 2.05) is 0 Å². The van der Waals surface area contributed by atoms with Crippen LogP contribution in [-0.4, -0.2) is 29.4 Å². The van der Waals surface area contributed by atoms with Crippen LogP contribution in [0.25, 0.3) is 10.9 Å². The number of halogens is 4. The summed E-state index contributed by atoms with van der Waals surface area (Å²) < 4.78 is 65.0. The first-order valence-electron chi connectivity index (χ1n) is 10.2. The molecule has 0 fully saturated rings. The van der Waals surface area contributed by atoms with E-state index in [0.29, 0.717) is 29.5 Å². The van der Waals surface area contributed by atoms with Gasteiger partial charge in [-0.25, -0.2) is 9.37 Å². The second kappa shape index (κ2) is 7.58. The van der Waals surface area contributed by atoms with E-state index in [0.717, 1.165) is 23.3 Å². The molecule has 0 spiro atoms. The number of fused-ring (bicyclic) bond motifs is 4. The quantitative estimate of drug-likeness (QED) is 0.565. The molecule has 172 valence electrons. The van der Waals surface area contributed by atoms with Crippen LogP contribution in [0, 0.1) is 5.82 Å². The molecule has 10 heteroatoms. The van der Waals surface area contributed by atoms with Crippen molar-refractivity contribution in [2.45, 2.75) is 31.9 Å². The second-order valence-electron chi connectivity index (χ2n) is 8.12. The van der Waals surface area contributed by atoms with Crippen LogP contribution < -0.4 is 10.5 Å². The molecule has 2 N–H and O–H groups in total. The fraction of sp³-hybridized carbons (Fsp3) is 0.304. The zero-order chi connectivity index (χ0) is 23.5. The Hall–Kier alpha value is -3.40. The molecule has 1 atom stereocenters.